The number of aromatic nitrogens is 2. The van der Waals surface area contributed by atoms with Crippen LogP contribution in [-0.4, -0.2) is 46.0 Å². The number of sulfonamides is 1. The summed E-state index contributed by atoms with van der Waals surface area (Å²) in [6.45, 7) is 0. The topological polar surface area (TPSA) is 86.3 Å². The van der Waals surface area contributed by atoms with Crippen LogP contribution in [0, 0.1) is 0 Å². The van der Waals surface area contributed by atoms with Crippen molar-refractivity contribution in [3.05, 3.63) is 58.2 Å². The van der Waals surface area contributed by atoms with Crippen molar-refractivity contribution in [2.24, 2.45) is 0 Å². The Morgan fingerprint density at radius 2 is 1.66 bits per heavy atom. The third kappa shape index (κ3) is 4.46. The van der Waals surface area contributed by atoms with E-state index in [1.54, 1.807) is 6.07 Å². The number of halogens is 5. The van der Waals surface area contributed by atoms with Crippen molar-refractivity contribution >= 4 is 33.2 Å². The van der Waals surface area contributed by atoms with E-state index in [4.69, 9.17) is 23.2 Å². The number of aromatic amines is 1. The molecule has 2 fully saturated rings. The summed E-state index contributed by atoms with van der Waals surface area (Å²) in [4.78, 5) is 7.23. The van der Waals surface area contributed by atoms with E-state index in [-0.39, 0.29) is 22.0 Å². The van der Waals surface area contributed by atoms with Crippen LogP contribution in [0.1, 0.15) is 31.2 Å². The number of nitrogens with zero attached hydrogens (tertiary/aromatic N) is 2. The number of benzene rings is 2. The number of piperidine rings is 1. The quantitative estimate of drug-likeness (QED) is 0.437. The molecule has 2 saturated heterocycles. The van der Waals surface area contributed by atoms with Gasteiger partial charge in [0.2, 0.25) is 10.0 Å². The van der Waals surface area contributed by atoms with Crippen LogP contribution in [0.4, 0.5) is 13.2 Å². The van der Waals surface area contributed by atoms with Crippen molar-refractivity contribution < 1.29 is 26.7 Å². The average Bonchev–Trinajstić information content (AvgIpc) is 3.37. The van der Waals surface area contributed by atoms with E-state index in [0.29, 0.717) is 48.3 Å². The van der Waals surface area contributed by atoms with Crippen molar-refractivity contribution in [2.45, 2.75) is 54.9 Å². The van der Waals surface area contributed by atoms with Gasteiger partial charge in [-0.2, -0.15) is 17.5 Å². The molecule has 0 saturated carbocycles. The minimum atomic E-state index is -4.56. The van der Waals surface area contributed by atoms with Crippen LogP contribution in [0.15, 0.2) is 47.5 Å². The second-order valence-electron chi connectivity index (χ2n) is 8.83. The van der Waals surface area contributed by atoms with E-state index in [2.05, 4.69) is 9.97 Å². The van der Waals surface area contributed by atoms with Crippen LogP contribution in [0.5, 0.6) is 0 Å². The summed E-state index contributed by atoms with van der Waals surface area (Å²) in [6, 6.07) is 7.35. The highest BCUT2D eigenvalue weighted by Crippen LogP contribution is 2.42. The largest absolute Gasteiger partial charge is 0.417 e. The Hall–Kier alpha value is -2.11. The first-order valence-electron chi connectivity index (χ1n) is 10.9. The molecule has 2 bridgehead atoms. The zero-order chi connectivity index (χ0) is 25.1. The lowest BCUT2D eigenvalue weighted by atomic mass is 10.0. The van der Waals surface area contributed by atoms with E-state index in [1.165, 1.54) is 34.8 Å². The molecule has 6 nitrogen and oxygen atoms in total. The highest BCUT2D eigenvalue weighted by molar-refractivity contribution is 7.89. The molecule has 5 rings (SSSR count). The molecule has 1 aromatic heterocycles. The molecule has 3 aromatic rings. The molecule has 2 aromatic carbocycles. The summed E-state index contributed by atoms with van der Waals surface area (Å²) < 4.78 is 67.6. The summed E-state index contributed by atoms with van der Waals surface area (Å²) in [5, 5.41) is 9.67. The Labute approximate surface area is 209 Å². The highest BCUT2D eigenvalue weighted by Gasteiger charge is 2.47. The molecule has 2 aliphatic heterocycles. The molecular weight excluding hydrogens is 526 g/mol. The molecule has 0 amide bonds. The molecule has 0 spiro atoms. The standard InChI is InChI=1S/C23H20Cl2F3N3O3S/c24-18-6-2-13(8-21(18)35(33,34)31-14-3-4-15(31)10-16(32)9-14)22-29-11-20(30-22)12-1-5-17(19(25)7-12)23(26,27)28/h1-2,5-8,11,14-16,32H,3-4,9-10H2,(H,29,30)/t14-,15?,16?/m0/s1. The molecular formula is C23H20Cl2F3N3O3S. The predicted octanol–water partition coefficient (Wildman–Crippen LogP) is 5.75. The number of fused-ring (bicyclic) bond motifs is 2. The molecule has 2 N–H and O–H groups in total. The van der Waals surface area contributed by atoms with Gasteiger partial charge < -0.3 is 10.1 Å². The second kappa shape index (κ2) is 8.77. The molecule has 186 valence electrons. The molecule has 2 unspecified atom stereocenters. The lowest BCUT2D eigenvalue weighted by Gasteiger charge is -2.36. The van der Waals surface area contributed by atoms with E-state index in [0.717, 1.165) is 6.07 Å². The highest BCUT2D eigenvalue weighted by atomic mass is 35.5. The number of alkyl halides is 3. The van der Waals surface area contributed by atoms with Gasteiger partial charge >= 0.3 is 6.18 Å². The van der Waals surface area contributed by atoms with Crippen LogP contribution in [0.2, 0.25) is 10.0 Å². The van der Waals surface area contributed by atoms with Gasteiger partial charge in [0, 0.05) is 23.2 Å². The predicted molar refractivity (Wildman–Crippen MR) is 126 cm³/mol. The average molecular weight is 546 g/mol. The number of hydrogen-bond acceptors (Lipinski definition) is 4. The minimum absolute atomic E-state index is 0.0551. The molecule has 12 heteroatoms. The number of aliphatic hydroxyl groups is 1. The van der Waals surface area contributed by atoms with Crippen LogP contribution < -0.4 is 0 Å². The first-order valence-corrected chi connectivity index (χ1v) is 13.1. The molecule has 3 heterocycles. The number of H-pyrrole nitrogens is 1. The molecule has 3 atom stereocenters. The van der Waals surface area contributed by atoms with Crippen LogP contribution in [-0.2, 0) is 16.2 Å². The number of aliphatic hydroxyl groups excluding tert-OH is 1. The normalized spacial score (nSPS) is 23.1. The summed E-state index contributed by atoms with van der Waals surface area (Å²) >= 11 is 12.1. The number of rotatable bonds is 4. The summed E-state index contributed by atoms with van der Waals surface area (Å²) in [7, 11) is -3.93. The van der Waals surface area contributed by atoms with E-state index < -0.39 is 32.9 Å². The first-order chi connectivity index (χ1) is 16.4. The summed E-state index contributed by atoms with van der Waals surface area (Å²) in [6.07, 6.45) is -1.48. The van der Waals surface area contributed by atoms with Crippen molar-refractivity contribution in [2.75, 3.05) is 0 Å². The third-order valence-electron chi connectivity index (χ3n) is 6.56. The van der Waals surface area contributed by atoms with Crippen LogP contribution in [0.3, 0.4) is 0 Å². The number of imidazole rings is 1. The fourth-order valence-corrected chi connectivity index (χ4v) is 7.67. The van der Waals surface area contributed by atoms with Gasteiger partial charge in [0.1, 0.15) is 10.7 Å². The third-order valence-corrected chi connectivity index (χ3v) is 9.36. The fraction of sp³-hybridized carbons (Fsp3) is 0.348. The maximum Gasteiger partial charge on any atom is 0.417 e. The van der Waals surface area contributed by atoms with Gasteiger partial charge in [0.15, 0.2) is 0 Å². The van der Waals surface area contributed by atoms with Gasteiger partial charge in [-0.15, -0.1) is 0 Å². The Morgan fingerprint density at radius 1 is 1.00 bits per heavy atom. The lowest BCUT2D eigenvalue weighted by Crippen LogP contribution is -2.47. The van der Waals surface area contributed by atoms with E-state index in [9.17, 15) is 26.7 Å². The summed E-state index contributed by atoms with van der Waals surface area (Å²) in [5.41, 5.74) is 0.320. The van der Waals surface area contributed by atoms with E-state index >= 15 is 0 Å². The van der Waals surface area contributed by atoms with Crippen LogP contribution >= 0.6 is 23.2 Å². The van der Waals surface area contributed by atoms with Gasteiger partial charge in [-0.3, -0.25) is 0 Å². The van der Waals surface area contributed by atoms with Crippen molar-refractivity contribution in [1.29, 1.82) is 0 Å². The lowest BCUT2D eigenvalue weighted by molar-refractivity contribution is -0.137. The van der Waals surface area contributed by atoms with Gasteiger partial charge in [0.25, 0.3) is 0 Å². The van der Waals surface area contributed by atoms with Gasteiger partial charge in [0.05, 0.1) is 33.6 Å². The number of nitrogens with one attached hydrogen (secondary N) is 1. The van der Waals surface area contributed by atoms with Crippen molar-refractivity contribution in [3.8, 4) is 22.6 Å². The maximum atomic E-state index is 13.6. The van der Waals surface area contributed by atoms with Gasteiger partial charge in [-0.25, -0.2) is 13.4 Å². The molecule has 2 aliphatic rings. The maximum absolute atomic E-state index is 13.6. The molecule has 0 radical (unpaired) electrons. The molecule has 35 heavy (non-hydrogen) atoms. The smallest absolute Gasteiger partial charge is 0.393 e. The Balaban J connectivity index is 1.47. The van der Waals surface area contributed by atoms with Gasteiger partial charge in [-0.05, 0) is 56.0 Å². The van der Waals surface area contributed by atoms with Gasteiger partial charge in [-0.1, -0.05) is 29.3 Å². The Kier molecular flexibility index (Phi) is 6.16. The fourth-order valence-electron chi connectivity index (χ4n) is 4.99. The monoisotopic (exact) mass is 545 g/mol. The molecule has 0 aliphatic carbocycles. The van der Waals surface area contributed by atoms with E-state index in [1.807, 2.05) is 0 Å². The minimum Gasteiger partial charge on any atom is -0.393 e. The first kappa shape index (κ1) is 24.6. The SMILES string of the molecule is O=S(=O)(c1cc(-c2ncc(-c3ccc(C(F)(F)F)c(Cl)c3)[nH]2)ccc1Cl)N1C2CC[C@H]1CC(O)C2. The second-order valence-corrected chi connectivity index (χ2v) is 11.5. The summed E-state index contributed by atoms with van der Waals surface area (Å²) in [5.74, 6) is 0.321. The Bertz CT molecular complexity index is 1380. The zero-order valence-electron chi connectivity index (χ0n) is 18.1. The Morgan fingerprint density at radius 3 is 2.29 bits per heavy atom. The van der Waals surface area contributed by atoms with Crippen LogP contribution in [0.25, 0.3) is 22.6 Å². The number of hydrogen-bond donors (Lipinski definition) is 2. The zero-order valence-corrected chi connectivity index (χ0v) is 20.4. The van der Waals surface area contributed by atoms with Crippen molar-refractivity contribution in [3.63, 3.8) is 0 Å². The van der Waals surface area contributed by atoms with Crippen molar-refractivity contribution in [1.82, 2.24) is 14.3 Å².